The number of benzene rings is 9. The van der Waals surface area contributed by atoms with Crippen LogP contribution in [0.5, 0.6) is 0 Å². The summed E-state index contributed by atoms with van der Waals surface area (Å²) in [4.78, 5) is 20.5. The standard InChI is InChI=1S/C61H40N4O/c1-61(2)49-22-12-9-19-44(49)45-34-33-43(35-50(45)61)60-64-58(41-17-7-4-8-18-41)63-59(65-60)42-31-27-38(28-32-42)37-25-29-39(30-26-37)54-55-46-20-10-13-23-51(46)62-57(40-15-5-3-6-16-40)48(55)36-53-56(54)47-21-11-14-24-52(47)66-53/h3-36H,1-2H3. The van der Waals surface area contributed by atoms with E-state index in [2.05, 4.69) is 190 Å². The molecule has 0 bridgehead atoms. The molecule has 1 aliphatic rings. The molecule has 0 atom stereocenters. The molecule has 13 rings (SSSR count). The van der Waals surface area contributed by atoms with Crippen LogP contribution in [0.3, 0.4) is 0 Å². The van der Waals surface area contributed by atoms with Crippen LogP contribution in [-0.4, -0.2) is 19.9 Å². The predicted molar refractivity (Wildman–Crippen MR) is 270 cm³/mol. The molecule has 9 aromatic carbocycles. The smallest absolute Gasteiger partial charge is 0.164 e. The molecule has 0 saturated heterocycles. The van der Waals surface area contributed by atoms with Gasteiger partial charge >= 0.3 is 0 Å². The van der Waals surface area contributed by atoms with Crippen molar-refractivity contribution in [3.8, 4) is 78.8 Å². The summed E-state index contributed by atoms with van der Waals surface area (Å²) in [7, 11) is 0. The van der Waals surface area contributed by atoms with Crippen LogP contribution in [0, 0.1) is 0 Å². The Labute approximate surface area is 381 Å². The number of hydrogen-bond acceptors (Lipinski definition) is 5. The number of furan rings is 1. The Kier molecular flexibility index (Phi) is 8.49. The highest BCUT2D eigenvalue weighted by Gasteiger charge is 2.35. The molecule has 0 saturated carbocycles. The number of hydrogen-bond donors (Lipinski definition) is 0. The number of fused-ring (bicyclic) bond motifs is 9. The minimum Gasteiger partial charge on any atom is -0.456 e. The van der Waals surface area contributed by atoms with Gasteiger partial charge in [0.15, 0.2) is 17.5 Å². The minimum absolute atomic E-state index is 0.138. The molecule has 0 N–H and O–H groups in total. The van der Waals surface area contributed by atoms with E-state index >= 15 is 0 Å². The summed E-state index contributed by atoms with van der Waals surface area (Å²) in [5.74, 6) is 1.93. The maximum Gasteiger partial charge on any atom is 0.164 e. The molecule has 0 fully saturated rings. The van der Waals surface area contributed by atoms with Gasteiger partial charge in [0.2, 0.25) is 0 Å². The first-order chi connectivity index (χ1) is 32.5. The van der Waals surface area contributed by atoms with Crippen LogP contribution < -0.4 is 0 Å². The lowest BCUT2D eigenvalue weighted by atomic mass is 9.82. The van der Waals surface area contributed by atoms with Gasteiger partial charge in [-0.2, -0.15) is 0 Å². The maximum atomic E-state index is 6.63. The third-order valence-electron chi connectivity index (χ3n) is 13.5. The average molecular weight is 845 g/mol. The van der Waals surface area contributed by atoms with Crippen molar-refractivity contribution in [3.05, 3.63) is 217 Å². The fourth-order valence-electron chi connectivity index (χ4n) is 10.3. The van der Waals surface area contributed by atoms with Crippen molar-refractivity contribution >= 4 is 43.6 Å². The molecule has 0 unspecified atom stereocenters. The van der Waals surface area contributed by atoms with Crippen molar-refractivity contribution < 1.29 is 4.42 Å². The highest BCUT2D eigenvalue weighted by molar-refractivity contribution is 6.27. The SMILES string of the molecule is CC1(C)c2ccccc2-c2ccc(-c3nc(-c4ccccc4)nc(-c4ccc(-c5ccc(-c6c7c(cc8c(-c9ccccc9)nc9ccccc9c68)oc6ccccc67)cc5)cc4)n3)cc21. The average Bonchev–Trinajstić information content (AvgIpc) is 3.87. The van der Waals surface area contributed by atoms with Gasteiger partial charge in [-0.1, -0.05) is 196 Å². The van der Waals surface area contributed by atoms with Crippen molar-refractivity contribution in [2.75, 3.05) is 0 Å². The molecule has 5 heteroatoms. The van der Waals surface area contributed by atoms with Crippen molar-refractivity contribution in [1.82, 2.24) is 19.9 Å². The largest absolute Gasteiger partial charge is 0.456 e. The fourth-order valence-corrected chi connectivity index (χ4v) is 10.3. The van der Waals surface area contributed by atoms with E-state index in [-0.39, 0.29) is 5.41 Å². The summed E-state index contributed by atoms with van der Waals surface area (Å²) >= 11 is 0. The summed E-state index contributed by atoms with van der Waals surface area (Å²) in [5, 5.41) is 5.52. The summed E-state index contributed by atoms with van der Waals surface area (Å²) in [6.07, 6.45) is 0. The second kappa shape index (κ2) is 14.8. The Morgan fingerprint density at radius 2 is 0.879 bits per heavy atom. The zero-order valence-electron chi connectivity index (χ0n) is 36.3. The van der Waals surface area contributed by atoms with Crippen LogP contribution in [-0.2, 0) is 5.41 Å². The quantitative estimate of drug-likeness (QED) is 0.156. The Morgan fingerprint density at radius 1 is 0.348 bits per heavy atom. The number of aromatic nitrogens is 4. The first kappa shape index (κ1) is 38.0. The molecule has 0 spiro atoms. The Morgan fingerprint density at radius 3 is 1.61 bits per heavy atom. The van der Waals surface area contributed by atoms with Gasteiger partial charge in [0.25, 0.3) is 0 Å². The minimum atomic E-state index is -0.138. The van der Waals surface area contributed by atoms with Gasteiger partial charge in [-0.25, -0.2) is 19.9 Å². The first-order valence-electron chi connectivity index (χ1n) is 22.5. The van der Waals surface area contributed by atoms with E-state index in [4.69, 9.17) is 24.4 Å². The lowest BCUT2D eigenvalue weighted by Crippen LogP contribution is -2.15. The van der Waals surface area contributed by atoms with E-state index in [1.54, 1.807) is 0 Å². The monoisotopic (exact) mass is 844 g/mol. The van der Waals surface area contributed by atoms with E-state index in [1.165, 1.54) is 22.3 Å². The molecule has 0 aliphatic heterocycles. The molecule has 310 valence electrons. The van der Waals surface area contributed by atoms with E-state index in [9.17, 15) is 0 Å². The van der Waals surface area contributed by atoms with Crippen molar-refractivity contribution in [1.29, 1.82) is 0 Å². The van der Waals surface area contributed by atoms with Gasteiger partial charge in [-0.05, 0) is 63.2 Å². The second-order valence-corrected chi connectivity index (χ2v) is 17.7. The van der Waals surface area contributed by atoms with Crippen LogP contribution in [0.15, 0.2) is 211 Å². The number of rotatable bonds is 6. The molecule has 3 heterocycles. The van der Waals surface area contributed by atoms with Gasteiger partial charge in [0.1, 0.15) is 11.2 Å². The predicted octanol–water partition coefficient (Wildman–Crippen LogP) is 15.8. The van der Waals surface area contributed by atoms with Crippen LogP contribution in [0.2, 0.25) is 0 Å². The Balaban J connectivity index is 0.911. The molecular formula is C61H40N4O. The van der Waals surface area contributed by atoms with Gasteiger partial charge < -0.3 is 4.42 Å². The third kappa shape index (κ3) is 6.01. The lowest BCUT2D eigenvalue weighted by Gasteiger charge is -2.21. The first-order valence-corrected chi connectivity index (χ1v) is 22.5. The van der Waals surface area contributed by atoms with Crippen molar-refractivity contribution in [2.24, 2.45) is 0 Å². The molecule has 0 radical (unpaired) electrons. The van der Waals surface area contributed by atoms with Gasteiger partial charge in [-0.3, -0.25) is 0 Å². The Bertz CT molecular complexity index is 3870. The molecule has 5 nitrogen and oxygen atoms in total. The Hall–Kier alpha value is -8.54. The number of nitrogens with zero attached hydrogens (tertiary/aromatic N) is 4. The third-order valence-corrected chi connectivity index (χ3v) is 13.5. The van der Waals surface area contributed by atoms with E-state index in [0.29, 0.717) is 17.5 Å². The van der Waals surface area contributed by atoms with E-state index < -0.39 is 0 Å². The fraction of sp³-hybridized carbons (Fsp3) is 0.0492. The zero-order chi connectivity index (χ0) is 43.9. The number of pyridine rings is 1. The lowest BCUT2D eigenvalue weighted by molar-refractivity contribution is 0.660. The summed E-state index contributed by atoms with van der Waals surface area (Å²) < 4.78 is 6.63. The van der Waals surface area contributed by atoms with Crippen molar-refractivity contribution in [2.45, 2.75) is 19.3 Å². The van der Waals surface area contributed by atoms with E-state index in [1.807, 2.05) is 30.3 Å². The molecule has 12 aromatic rings. The summed E-state index contributed by atoms with van der Waals surface area (Å²) in [6.45, 7) is 4.60. The molecule has 1 aliphatic carbocycles. The van der Waals surface area contributed by atoms with Gasteiger partial charge in [-0.15, -0.1) is 0 Å². The van der Waals surface area contributed by atoms with Crippen LogP contribution in [0.1, 0.15) is 25.0 Å². The van der Waals surface area contributed by atoms with Crippen LogP contribution in [0.25, 0.3) is 122 Å². The second-order valence-electron chi connectivity index (χ2n) is 17.7. The van der Waals surface area contributed by atoms with Crippen molar-refractivity contribution in [3.63, 3.8) is 0 Å². The maximum absolute atomic E-state index is 6.63. The highest BCUT2D eigenvalue weighted by Crippen LogP contribution is 2.50. The molecular weight excluding hydrogens is 805 g/mol. The molecule has 3 aromatic heterocycles. The normalized spacial score (nSPS) is 12.8. The topological polar surface area (TPSA) is 64.7 Å². The number of para-hydroxylation sites is 2. The van der Waals surface area contributed by atoms with Crippen LogP contribution >= 0.6 is 0 Å². The van der Waals surface area contributed by atoms with E-state index in [0.717, 1.165) is 93.8 Å². The summed E-state index contributed by atoms with van der Waals surface area (Å²) in [5.41, 5.74) is 17.0. The molecule has 66 heavy (non-hydrogen) atoms. The summed E-state index contributed by atoms with van der Waals surface area (Å²) in [6, 6.07) is 72.5. The zero-order valence-corrected chi connectivity index (χ0v) is 36.3. The highest BCUT2D eigenvalue weighted by atomic mass is 16.3. The van der Waals surface area contributed by atoms with Crippen LogP contribution in [0.4, 0.5) is 0 Å². The van der Waals surface area contributed by atoms with Gasteiger partial charge in [0.05, 0.1) is 11.2 Å². The van der Waals surface area contributed by atoms with Gasteiger partial charge in [0, 0.05) is 60.2 Å². The molecule has 0 amide bonds.